The summed E-state index contributed by atoms with van der Waals surface area (Å²) in [6.45, 7) is 2.71. The summed E-state index contributed by atoms with van der Waals surface area (Å²) in [5, 5.41) is 3.02. The van der Waals surface area contributed by atoms with Crippen LogP contribution in [-0.2, 0) is 23.1 Å². The Morgan fingerprint density at radius 3 is 2.47 bits per heavy atom. The maximum atomic E-state index is 13.4. The molecule has 1 saturated heterocycles. The Balaban J connectivity index is 1.60. The Morgan fingerprint density at radius 2 is 1.79 bits per heavy atom. The van der Waals surface area contributed by atoms with Crippen molar-refractivity contribution in [3.63, 3.8) is 0 Å². The zero-order chi connectivity index (χ0) is 24.1. The SMILES string of the molecule is CN(C)S(=O)(=O)c1ccc(N2CCCCC2)c(C(=O)NCc2ccccc2Cn2ccnc2)c1. The number of sulfonamides is 1. The molecule has 2 aromatic carbocycles. The zero-order valence-corrected chi connectivity index (χ0v) is 20.5. The van der Waals surface area contributed by atoms with E-state index < -0.39 is 10.0 Å². The van der Waals surface area contributed by atoms with Crippen molar-refractivity contribution in [2.75, 3.05) is 32.1 Å². The highest BCUT2D eigenvalue weighted by molar-refractivity contribution is 7.89. The summed E-state index contributed by atoms with van der Waals surface area (Å²) in [7, 11) is -0.675. The second-order valence-corrected chi connectivity index (χ2v) is 10.9. The fraction of sp³-hybridized carbons (Fsp3) is 0.360. The Kier molecular flexibility index (Phi) is 7.33. The van der Waals surface area contributed by atoms with Crippen molar-refractivity contribution in [1.82, 2.24) is 19.2 Å². The van der Waals surface area contributed by atoms with Crippen LogP contribution in [0.1, 0.15) is 40.7 Å². The molecule has 180 valence electrons. The van der Waals surface area contributed by atoms with Gasteiger partial charge in [0.2, 0.25) is 10.0 Å². The summed E-state index contributed by atoms with van der Waals surface area (Å²) in [5.74, 6) is -0.284. The van der Waals surface area contributed by atoms with Crippen LogP contribution < -0.4 is 10.2 Å². The Labute approximate surface area is 201 Å². The number of nitrogens with one attached hydrogen (secondary N) is 1. The highest BCUT2D eigenvalue weighted by atomic mass is 32.2. The van der Waals surface area contributed by atoms with Crippen molar-refractivity contribution in [2.24, 2.45) is 0 Å². The van der Waals surface area contributed by atoms with Crippen molar-refractivity contribution in [2.45, 2.75) is 37.2 Å². The van der Waals surface area contributed by atoms with Gasteiger partial charge >= 0.3 is 0 Å². The van der Waals surface area contributed by atoms with Crippen LogP contribution in [0.15, 0.2) is 66.1 Å². The van der Waals surface area contributed by atoms with Crippen LogP contribution in [0, 0.1) is 0 Å². The molecule has 1 aliphatic heterocycles. The number of hydrogen-bond acceptors (Lipinski definition) is 5. The second kappa shape index (κ2) is 10.4. The van der Waals surface area contributed by atoms with Gasteiger partial charge in [0.1, 0.15) is 0 Å². The maximum Gasteiger partial charge on any atom is 0.253 e. The van der Waals surface area contributed by atoms with E-state index in [1.807, 2.05) is 35.0 Å². The van der Waals surface area contributed by atoms with Gasteiger partial charge in [-0.1, -0.05) is 24.3 Å². The number of piperidine rings is 1. The molecule has 3 aromatic rings. The highest BCUT2D eigenvalue weighted by Crippen LogP contribution is 2.28. The molecular weight excluding hydrogens is 450 g/mol. The number of aromatic nitrogens is 2. The quantitative estimate of drug-likeness (QED) is 0.534. The van der Waals surface area contributed by atoms with Gasteiger partial charge in [0.05, 0.1) is 16.8 Å². The number of benzene rings is 2. The van der Waals surface area contributed by atoms with Gasteiger partial charge in [-0.15, -0.1) is 0 Å². The average Bonchev–Trinajstić information content (AvgIpc) is 3.36. The van der Waals surface area contributed by atoms with Crippen LogP contribution in [0.2, 0.25) is 0 Å². The van der Waals surface area contributed by atoms with E-state index in [-0.39, 0.29) is 10.8 Å². The Morgan fingerprint density at radius 1 is 1.06 bits per heavy atom. The van der Waals surface area contributed by atoms with Gasteiger partial charge in [-0.25, -0.2) is 17.7 Å². The van der Waals surface area contributed by atoms with Crippen molar-refractivity contribution < 1.29 is 13.2 Å². The van der Waals surface area contributed by atoms with E-state index in [1.54, 1.807) is 24.7 Å². The Hall–Kier alpha value is -3.17. The number of anilines is 1. The summed E-state index contributed by atoms with van der Waals surface area (Å²) in [6.07, 6.45) is 8.68. The number of imidazole rings is 1. The third kappa shape index (κ3) is 5.31. The summed E-state index contributed by atoms with van der Waals surface area (Å²) in [6, 6.07) is 12.8. The molecule has 1 N–H and O–H groups in total. The monoisotopic (exact) mass is 481 g/mol. The number of carbonyl (C=O) groups is 1. The number of nitrogens with zero attached hydrogens (tertiary/aromatic N) is 4. The van der Waals surface area contributed by atoms with Gasteiger partial charge in [0, 0.05) is 58.4 Å². The topological polar surface area (TPSA) is 87.5 Å². The van der Waals surface area contributed by atoms with E-state index in [0.717, 1.165) is 47.1 Å². The van der Waals surface area contributed by atoms with E-state index in [0.29, 0.717) is 18.7 Å². The van der Waals surface area contributed by atoms with Gasteiger partial charge in [-0.3, -0.25) is 4.79 Å². The van der Waals surface area contributed by atoms with Gasteiger partial charge in [-0.2, -0.15) is 0 Å². The summed E-state index contributed by atoms with van der Waals surface area (Å²) < 4.78 is 28.6. The van der Waals surface area contributed by atoms with E-state index in [2.05, 4.69) is 15.2 Å². The minimum atomic E-state index is -3.66. The lowest BCUT2D eigenvalue weighted by Gasteiger charge is -2.30. The second-order valence-electron chi connectivity index (χ2n) is 8.70. The minimum absolute atomic E-state index is 0.115. The van der Waals surface area contributed by atoms with Crippen molar-refractivity contribution in [3.05, 3.63) is 77.9 Å². The molecule has 2 heterocycles. The van der Waals surface area contributed by atoms with Crippen LogP contribution in [0.4, 0.5) is 5.69 Å². The molecule has 0 aliphatic carbocycles. The molecule has 0 atom stereocenters. The molecule has 1 fully saturated rings. The first-order valence-electron chi connectivity index (χ1n) is 11.5. The standard InChI is InChI=1S/C25H31N5O3S/c1-28(2)34(32,33)22-10-11-24(30-13-6-3-7-14-30)23(16-22)25(31)27-17-20-8-4-5-9-21(20)18-29-15-12-26-19-29/h4-5,8-12,15-16,19H,3,6-7,13-14,17-18H2,1-2H3,(H,27,31). The first-order chi connectivity index (χ1) is 16.4. The van der Waals surface area contributed by atoms with Crippen molar-refractivity contribution >= 4 is 21.6 Å². The number of rotatable bonds is 8. The summed E-state index contributed by atoms with van der Waals surface area (Å²) >= 11 is 0. The first kappa shape index (κ1) is 24.0. The number of carbonyl (C=O) groups excluding carboxylic acids is 1. The average molecular weight is 482 g/mol. The van der Waals surface area contributed by atoms with Crippen molar-refractivity contribution in [1.29, 1.82) is 0 Å². The predicted octanol–water partition coefficient (Wildman–Crippen LogP) is 3.10. The minimum Gasteiger partial charge on any atom is -0.371 e. The zero-order valence-electron chi connectivity index (χ0n) is 19.6. The number of hydrogen-bond donors (Lipinski definition) is 1. The highest BCUT2D eigenvalue weighted by Gasteiger charge is 2.24. The Bertz CT molecular complexity index is 1230. The molecule has 0 saturated carbocycles. The van der Waals surface area contributed by atoms with E-state index in [4.69, 9.17) is 0 Å². The fourth-order valence-corrected chi connectivity index (χ4v) is 5.14. The lowest BCUT2D eigenvalue weighted by atomic mass is 10.1. The molecule has 0 bridgehead atoms. The summed E-state index contributed by atoms with van der Waals surface area (Å²) in [5.41, 5.74) is 3.25. The normalized spacial score (nSPS) is 14.4. The molecule has 4 rings (SSSR count). The first-order valence-corrected chi connectivity index (χ1v) is 12.9. The fourth-order valence-electron chi connectivity index (χ4n) is 4.21. The van der Waals surface area contributed by atoms with Crippen molar-refractivity contribution in [3.8, 4) is 0 Å². The molecule has 34 heavy (non-hydrogen) atoms. The van der Waals surface area contributed by atoms with E-state index in [9.17, 15) is 13.2 Å². The molecule has 1 aliphatic rings. The third-order valence-corrected chi connectivity index (χ3v) is 7.97. The molecule has 1 amide bonds. The molecule has 8 nitrogen and oxygen atoms in total. The number of amides is 1. The van der Waals surface area contributed by atoms with Crippen LogP contribution in [0.5, 0.6) is 0 Å². The molecular formula is C25H31N5O3S. The van der Waals surface area contributed by atoms with Gasteiger partial charge < -0.3 is 14.8 Å². The molecule has 1 aromatic heterocycles. The van der Waals surface area contributed by atoms with Gasteiger partial charge in [0.25, 0.3) is 5.91 Å². The van der Waals surface area contributed by atoms with Crippen LogP contribution >= 0.6 is 0 Å². The smallest absolute Gasteiger partial charge is 0.253 e. The largest absolute Gasteiger partial charge is 0.371 e. The maximum absolute atomic E-state index is 13.4. The summed E-state index contributed by atoms with van der Waals surface area (Å²) in [4.78, 5) is 19.8. The molecule has 0 unspecified atom stereocenters. The predicted molar refractivity (Wildman–Crippen MR) is 132 cm³/mol. The van der Waals surface area contributed by atoms with E-state index in [1.165, 1.54) is 26.6 Å². The molecule has 0 radical (unpaired) electrons. The van der Waals surface area contributed by atoms with Crippen LogP contribution in [-0.4, -0.2) is 55.4 Å². The third-order valence-electron chi connectivity index (χ3n) is 6.16. The van der Waals surface area contributed by atoms with Crippen LogP contribution in [0.3, 0.4) is 0 Å². The van der Waals surface area contributed by atoms with E-state index >= 15 is 0 Å². The lowest BCUT2D eigenvalue weighted by molar-refractivity contribution is 0.0951. The van der Waals surface area contributed by atoms with Crippen LogP contribution in [0.25, 0.3) is 0 Å². The molecule has 0 spiro atoms. The van der Waals surface area contributed by atoms with Gasteiger partial charge in [-0.05, 0) is 48.6 Å². The van der Waals surface area contributed by atoms with Gasteiger partial charge in [0.15, 0.2) is 0 Å². The molecule has 9 heteroatoms. The lowest BCUT2D eigenvalue weighted by Crippen LogP contribution is -2.33.